The molecule has 0 radical (unpaired) electrons. The van der Waals surface area contributed by atoms with Crippen LogP contribution < -0.4 is 10.0 Å². The number of hydrogen-bond acceptors (Lipinski definition) is 5. The van der Waals surface area contributed by atoms with Gasteiger partial charge in [0.1, 0.15) is 12.2 Å². The number of rotatable bonds is 9. The Labute approximate surface area is 101 Å². The third-order valence-corrected chi connectivity index (χ3v) is 3.69. The number of nitrogens with one attached hydrogen (secondary N) is 3. The first-order valence-corrected chi connectivity index (χ1v) is 7.25. The van der Waals surface area contributed by atoms with E-state index in [4.69, 9.17) is 0 Å². The smallest absolute Gasteiger partial charge is 0.211 e. The highest BCUT2D eigenvalue weighted by atomic mass is 32.2. The maximum absolute atomic E-state index is 11.5. The quantitative estimate of drug-likeness (QED) is 0.509. The van der Waals surface area contributed by atoms with Crippen molar-refractivity contribution in [1.82, 2.24) is 25.2 Å². The number of H-pyrrole nitrogens is 1. The van der Waals surface area contributed by atoms with Crippen LogP contribution in [0, 0.1) is 0 Å². The van der Waals surface area contributed by atoms with E-state index in [-0.39, 0.29) is 5.75 Å². The van der Waals surface area contributed by atoms with Gasteiger partial charge in [-0.25, -0.2) is 18.1 Å². The molecule has 1 rings (SSSR count). The summed E-state index contributed by atoms with van der Waals surface area (Å²) in [6.45, 7) is 1.14. The van der Waals surface area contributed by atoms with Crippen molar-refractivity contribution in [2.24, 2.45) is 0 Å². The second-order valence-electron chi connectivity index (χ2n) is 3.71. The second-order valence-corrected chi connectivity index (χ2v) is 5.63. The molecule has 0 saturated heterocycles. The molecule has 1 aromatic rings. The summed E-state index contributed by atoms with van der Waals surface area (Å²) in [4.78, 5) is 3.96. The zero-order chi connectivity index (χ0) is 12.6. The molecule has 0 aromatic carbocycles. The minimum atomic E-state index is -3.13. The molecular weight excluding hydrogens is 242 g/mol. The Morgan fingerprint density at radius 3 is 2.82 bits per heavy atom. The lowest BCUT2D eigenvalue weighted by Crippen LogP contribution is -2.29. The van der Waals surface area contributed by atoms with E-state index in [9.17, 15) is 8.42 Å². The summed E-state index contributed by atoms with van der Waals surface area (Å²) in [5, 5.41) is 9.36. The van der Waals surface area contributed by atoms with Gasteiger partial charge >= 0.3 is 0 Å². The summed E-state index contributed by atoms with van der Waals surface area (Å²) in [6.07, 6.45) is 3.46. The van der Waals surface area contributed by atoms with Crippen LogP contribution in [-0.4, -0.2) is 49.5 Å². The highest BCUT2D eigenvalue weighted by Crippen LogP contribution is 1.94. The van der Waals surface area contributed by atoms with Gasteiger partial charge in [0.2, 0.25) is 10.0 Å². The number of hydrogen-bond donors (Lipinski definition) is 3. The molecule has 1 heterocycles. The van der Waals surface area contributed by atoms with E-state index in [2.05, 4.69) is 25.2 Å². The molecular formula is C9H19N5O2S. The van der Waals surface area contributed by atoms with Crippen molar-refractivity contribution in [3.8, 4) is 0 Å². The predicted octanol–water partition coefficient (Wildman–Crippen LogP) is -0.734. The molecule has 7 nitrogen and oxygen atoms in total. The molecule has 17 heavy (non-hydrogen) atoms. The van der Waals surface area contributed by atoms with Gasteiger partial charge in [-0.05, 0) is 26.4 Å². The predicted molar refractivity (Wildman–Crippen MR) is 65.0 cm³/mol. The van der Waals surface area contributed by atoms with Gasteiger partial charge in [0.05, 0.1) is 5.75 Å². The van der Waals surface area contributed by atoms with E-state index in [1.165, 1.54) is 6.33 Å². The lowest BCUT2D eigenvalue weighted by molar-refractivity contribution is 0.574. The number of aromatic nitrogens is 3. The Hall–Kier alpha value is -0.990. The summed E-state index contributed by atoms with van der Waals surface area (Å²) >= 11 is 0. The third kappa shape index (κ3) is 6.35. The molecule has 98 valence electrons. The van der Waals surface area contributed by atoms with Crippen LogP contribution in [0.15, 0.2) is 6.33 Å². The van der Waals surface area contributed by atoms with Crippen LogP contribution in [-0.2, 0) is 16.4 Å². The van der Waals surface area contributed by atoms with Gasteiger partial charge in [-0.2, -0.15) is 5.10 Å². The molecule has 0 aliphatic carbocycles. The van der Waals surface area contributed by atoms with Crippen LogP contribution in [0.25, 0.3) is 0 Å². The van der Waals surface area contributed by atoms with Crippen LogP contribution in [0.3, 0.4) is 0 Å². The van der Waals surface area contributed by atoms with Gasteiger partial charge in [-0.3, -0.25) is 5.10 Å². The summed E-state index contributed by atoms with van der Waals surface area (Å²) < 4.78 is 25.5. The number of aromatic amines is 1. The van der Waals surface area contributed by atoms with E-state index in [0.29, 0.717) is 32.4 Å². The fraction of sp³-hybridized carbons (Fsp3) is 0.778. The first-order chi connectivity index (χ1) is 8.14. The van der Waals surface area contributed by atoms with Crippen molar-refractivity contribution in [2.75, 3.05) is 25.9 Å². The zero-order valence-electron chi connectivity index (χ0n) is 9.94. The van der Waals surface area contributed by atoms with Gasteiger partial charge in [-0.1, -0.05) is 0 Å². The van der Waals surface area contributed by atoms with Crippen molar-refractivity contribution >= 4 is 10.0 Å². The fourth-order valence-corrected chi connectivity index (χ4v) is 2.47. The molecule has 0 aliphatic rings. The summed E-state index contributed by atoms with van der Waals surface area (Å²) in [5.41, 5.74) is 0. The highest BCUT2D eigenvalue weighted by molar-refractivity contribution is 7.89. The Morgan fingerprint density at radius 2 is 2.18 bits per heavy atom. The standard InChI is InChI=1S/C9H19N5O2S/c1-10-5-3-7-17(15,16)13-6-2-4-9-11-8-12-14-9/h8,10,13H,2-7H2,1H3,(H,11,12,14). The van der Waals surface area contributed by atoms with Gasteiger partial charge in [0.15, 0.2) is 0 Å². The van der Waals surface area contributed by atoms with Crippen LogP contribution >= 0.6 is 0 Å². The summed E-state index contributed by atoms with van der Waals surface area (Å²) in [6, 6.07) is 0. The first kappa shape index (κ1) is 14.1. The Kier molecular flexibility index (Phi) is 6.09. The van der Waals surface area contributed by atoms with Crippen LogP contribution in [0.1, 0.15) is 18.7 Å². The minimum Gasteiger partial charge on any atom is -0.320 e. The molecule has 1 aromatic heterocycles. The van der Waals surface area contributed by atoms with Gasteiger partial charge in [-0.15, -0.1) is 0 Å². The molecule has 0 saturated carbocycles. The van der Waals surface area contributed by atoms with Crippen molar-refractivity contribution in [2.45, 2.75) is 19.3 Å². The van der Waals surface area contributed by atoms with Crippen molar-refractivity contribution in [1.29, 1.82) is 0 Å². The van der Waals surface area contributed by atoms with Crippen LogP contribution in [0.5, 0.6) is 0 Å². The minimum absolute atomic E-state index is 0.163. The van der Waals surface area contributed by atoms with E-state index in [1.54, 1.807) is 7.05 Å². The molecule has 0 amide bonds. The van der Waals surface area contributed by atoms with Gasteiger partial charge in [0, 0.05) is 13.0 Å². The van der Waals surface area contributed by atoms with Gasteiger partial charge in [0.25, 0.3) is 0 Å². The average molecular weight is 261 g/mol. The van der Waals surface area contributed by atoms with E-state index >= 15 is 0 Å². The second kappa shape index (κ2) is 7.36. The SMILES string of the molecule is CNCCCS(=O)(=O)NCCCc1ncn[nH]1. The number of nitrogens with zero attached hydrogens (tertiary/aromatic N) is 2. The van der Waals surface area contributed by atoms with Crippen molar-refractivity contribution in [3.05, 3.63) is 12.2 Å². The topological polar surface area (TPSA) is 99.8 Å². The number of aryl methyl sites for hydroxylation is 1. The van der Waals surface area contributed by atoms with Crippen molar-refractivity contribution in [3.63, 3.8) is 0 Å². The Morgan fingerprint density at radius 1 is 1.35 bits per heavy atom. The van der Waals surface area contributed by atoms with E-state index in [0.717, 1.165) is 5.82 Å². The third-order valence-electron chi connectivity index (χ3n) is 2.22. The Balaban J connectivity index is 2.12. The molecule has 0 fully saturated rings. The maximum atomic E-state index is 11.5. The average Bonchev–Trinajstić information content (AvgIpc) is 2.77. The fourth-order valence-electron chi connectivity index (χ4n) is 1.35. The maximum Gasteiger partial charge on any atom is 0.211 e. The molecule has 0 aliphatic heterocycles. The normalized spacial score (nSPS) is 11.8. The monoisotopic (exact) mass is 261 g/mol. The summed E-state index contributed by atoms with van der Waals surface area (Å²) in [5.74, 6) is 0.940. The first-order valence-electron chi connectivity index (χ1n) is 5.60. The highest BCUT2D eigenvalue weighted by Gasteiger charge is 2.08. The van der Waals surface area contributed by atoms with Crippen LogP contribution in [0.4, 0.5) is 0 Å². The summed E-state index contributed by atoms with van der Waals surface area (Å²) in [7, 11) is -1.33. The zero-order valence-corrected chi connectivity index (χ0v) is 10.8. The lowest BCUT2D eigenvalue weighted by Gasteiger charge is -2.05. The van der Waals surface area contributed by atoms with Crippen LogP contribution in [0.2, 0.25) is 0 Å². The molecule has 3 N–H and O–H groups in total. The molecule has 0 spiro atoms. The van der Waals surface area contributed by atoms with E-state index < -0.39 is 10.0 Å². The molecule has 8 heteroatoms. The van der Waals surface area contributed by atoms with Gasteiger partial charge < -0.3 is 5.32 Å². The molecule has 0 bridgehead atoms. The Bertz CT molecular complexity index is 390. The lowest BCUT2D eigenvalue weighted by atomic mass is 10.3. The number of sulfonamides is 1. The largest absolute Gasteiger partial charge is 0.320 e. The molecule has 0 atom stereocenters. The molecule has 0 unspecified atom stereocenters. The van der Waals surface area contributed by atoms with E-state index in [1.807, 2.05) is 0 Å². The van der Waals surface area contributed by atoms with Crippen molar-refractivity contribution < 1.29 is 8.42 Å².